The number of rotatable bonds is 6. The molecule has 170 valence electrons. The van der Waals surface area contributed by atoms with Gasteiger partial charge in [-0.3, -0.25) is 4.98 Å². The van der Waals surface area contributed by atoms with Gasteiger partial charge in [0.1, 0.15) is 6.10 Å². The molecule has 2 aliphatic heterocycles. The third kappa shape index (κ3) is 3.71. The van der Waals surface area contributed by atoms with Gasteiger partial charge < -0.3 is 14.8 Å². The Morgan fingerprint density at radius 1 is 1.28 bits per heavy atom. The number of aromatic nitrogens is 5. The topological polar surface area (TPSA) is 79.0 Å². The maximum atomic E-state index is 6.44. The van der Waals surface area contributed by atoms with Crippen LogP contribution in [0.15, 0.2) is 18.8 Å². The van der Waals surface area contributed by atoms with Crippen molar-refractivity contribution in [1.82, 2.24) is 29.9 Å². The van der Waals surface area contributed by atoms with E-state index >= 15 is 0 Å². The maximum Gasteiger partial charge on any atom is 0.221 e. The average Bonchev–Trinajstić information content (AvgIpc) is 3.52. The summed E-state index contributed by atoms with van der Waals surface area (Å²) in [6, 6.07) is 2.43. The first-order chi connectivity index (χ1) is 15.6. The molecule has 2 aliphatic rings. The fourth-order valence-electron chi connectivity index (χ4n) is 4.92. The Kier molecular flexibility index (Phi) is 5.73. The summed E-state index contributed by atoms with van der Waals surface area (Å²) in [7, 11) is 1.92. The van der Waals surface area contributed by atoms with E-state index in [0.29, 0.717) is 6.04 Å². The van der Waals surface area contributed by atoms with Gasteiger partial charge in [-0.05, 0) is 64.6 Å². The first kappa shape index (κ1) is 21.2. The second-order valence-electron chi connectivity index (χ2n) is 8.86. The number of pyridine rings is 1. The SMILES string of the molecule is C=Cc1nn(C2CCCCO2)c2cnc(-c3c(C)nn(C)c3OC(C)[C@H]3CCCN3)cc12. The van der Waals surface area contributed by atoms with E-state index in [1.807, 2.05) is 29.5 Å². The molecule has 2 saturated heterocycles. The van der Waals surface area contributed by atoms with E-state index in [1.165, 1.54) is 6.42 Å². The molecule has 3 aromatic rings. The number of ether oxygens (including phenoxy) is 2. The molecule has 1 N–H and O–H groups in total. The van der Waals surface area contributed by atoms with Crippen LogP contribution < -0.4 is 10.1 Å². The molecule has 8 nitrogen and oxygen atoms in total. The van der Waals surface area contributed by atoms with E-state index in [0.717, 1.165) is 78.3 Å². The van der Waals surface area contributed by atoms with Crippen molar-refractivity contribution in [2.45, 2.75) is 64.3 Å². The highest BCUT2D eigenvalue weighted by molar-refractivity contribution is 5.90. The van der Waals surface area contributed by atoms with Crippen molar-refractivity contribution in [2.75, 3.05) is 13.2 Å². The van der Waals surface area contributed by atoms with Crippen LogP contribution in [0.25, 0.3) is 28.2 Å². The van der Waals surface area contributed by atoms with E-state index in [-0.39, 0.29) is 12.3 Å². The Hall–Kier alpha value is -2.71. The molecule has 32 heavy (non-hydrogen) atoms. The molecule has 0 bridgehead atoms. The van der Waals surface area contributed by atoms with Gasteiger partial charge in [0.05, 0.1) is 34.4 Å². The third-order valence-corrected chi connectivity index (χ3v) is 6.63. The zero-order chi connectivity index (χ0) is 22.2. The van der Waals surface area contributed by atoms with Crippen molar-refractivity contribution in [3.05, 3.63) is 30.2 Å². The van der Waals surface area contributed by atoms with Crippen LogP contribution in [-0.2, 0) is 11.8 Å². The van der Waals surface area contributed by atoms with Gasteiger partial charge in [-0.2, -0.15) is 10.2 Å². The minimum Gasteiger partial charge on any atom is -0.473 e. The largest absolute Gasteiger partial charge is 0.473 e. The molecule has 0 radical (unpaired) electrons. The summed E-state index contributed by atoms with van der Waals surface area (Å²) in [5.74, 6) is 0.749. The molecule has 3 aromatic heterocycles. The van der Waals surface area contributed by atoms with Crippen molar-refractivity contribution >= 4 is 17.0 Å². The molecule has 0 aliphatic carbocycles. The van der Waals surface area contributed by atoms with Crippen LogP contribution in [0, 0.1) is 6.92 Å². The molecule has 0 spiro atoms. The zero-order valence-electron chi connectivity index (χ0n) is 19.2. The van der Waals surface area contributed by atoms with E-state index < -0.39 is 0 Å². The predicted octanol–water partition coefficient (Wildman–Crippen LogP) is 4.00. The van der Waals surface area contributed by atoms with Gasteiger partial charge >= 0.3 is 0 Å². The standard InChI is InChI=1S/C24H32N6O2/c1-5-18-17-13-20(26-14-21(17)30(28-18)22-10-6-7-12-31-22)23-15(2)27-29(4)24(23)32-16(3)19-9-8-11-25-19/h5,13-14,16,19,22,25H,1,6-12H2,2-4H3/t16?,19-,22?/m1/s1. The first-order valence-corrected chi connectivity index (χ1v) is 11.6. The maximum absolute atomic E-state index is 6.44. The minimum absolute atomic E-state index is 0.0460. The van der Waals surface area contributed by atoms with Gasteiger partial charge in [-0.15, -0.1) is 0 Å². The highest BCUT2D eigenvalue weighted by Crippen LogP contribution is 2.36. The molecular formula is C24H32N6O2. The van der Waals surface area contributed by atoms with Gasteiger partial charge in [-0.1, -0.05) is 6.58 Å². The lowest BCUT2D eigenvalue weighted by atomic mass is 10.1. The lowest BCUT2D eigenvalue weighted by Gasteiger charge is -2.23. The summed E-state index contributed by atoms with van der Waals surface area (Å²) in [6.07, 6.45) is 9.20. The average molecular weight is 437 g/mol. The van der Waals surface area contributed by atoms with Gasteiger partial charge in [0.15, 0.2) is 6.23 Å². The van der Waals surface area contributed by atoms with E-state index in [4.69, 9.17) is 19.6 Å². The smallest absolute Gasteiger partial charge is 0.221 e. The molecule has 3 atom stereocenters. The number of nitrogens with zero attached hydrogens (tertiary/aromatic N) is 5. The number of nitrogens with one attached hydrogen (secondary N) is 1. The molecule has 5 rings (SSSR count). The summed E-state index contributed by atoms with van der Waals surface area (Å²) >= 11 is 0. The fraction of sp³-hybridized carbons (Fsp3) is 0.542. The Labute approximate surface area is 188 Å². The van der Waals surface area contributed by atoms with E-state index in [2.05, 4.69) is 30.0 Å². The van der Waals surface area contributed by atoms with Crippen LogP contribution in [0.5, 0.6) is 5.88 Å². The van der Waals surface area contributed by atoms with E-state index in [1.54, 1.807) is 6.08 Å². The quantitative estimate of drug-likeness (QED) is 0.629. The van der Waals surface area contributed by atoms with Crippen molar-refractivity contribution in [3.8, 4) is 17.1 Å². The molecule has 0 aromatic carbocycles. The second kappa shape index (κ2) is 8.67. The lowest BCUT2D eigenvalue weighted by Crippen LogP contribution is -2.37. The number of aryl methyl sites for hydroxylation is 2. The van der Waals surface area contributed by atoms with Crippen molar-refractivity contribution < 1.29 is 9.47 Å². The first-order valence-electron chi connectivity index (χ1n) is 11.6. The predicted molar refractivity (Wildman–Crippen MR) is 125 cm³/mol. The molecule has 8 heteroatoms. The number of hydrogen-bond donors (Lipinski definition) is 1. The Balaban J connectivity index is 1.54. The van der Waals surface area contributed by atoms with E-state index in [9.17, 15) is 0 Å². The normalized spacial score (nSPS) is 22.3. The summed E-state index contributed by atoms with van der Waals surface area (Å²) in [4.78, 5) is 4.82. The summed E-state index contributed by atoms with van der Waals surface area (Å²) < 4.78 is 16.2. The van der Waals surface area contributed by atoms with Crippen molar-refractivity contribution in [2.24, 2.45) is 7.05 Å². The Morgan fingerprint density at radius 3 is 2.88 bits per heavy atom. The van der Waals surface area contributed by atoms with Crippen LogP contribution >= 0.6 is 0 Å². The summed E-state index contributed by atoms with van der Waals surface area (Å²) in [5.41, 5.74) is 4.45. The number of fused-ring (bicyclic) bond motifs is 1. The summed E-state index contributed by atoms with van der Waals surface area (Å²) in [5, 5.41) is 14.0. The van der Waals surface area contributed by atoms with Crippen LogP contribution in [0.4, 0.5) is 0 Å². The molecule has 2 unspecified atom stereocenters. The Morgan fingerprint density at radius 2 is 2.16 bits per heavy atom. The fourth-order valence-corrected chi connectivity index (χ4v) is 4.92. The third-order valence-electron chi connectivity index (χ3n) is 6.63. The monoisotopic (exact) mass is 436 g/mol. The molecular weight excluding hydrogens is 404 g/mol. The van der Waals surface area contributed by atoms with Gasteiger partial charge in [0.2, 0.25) is 5.88 Å². The van der Waals surface area contributed by atoms with Crippen molar-refractivity contribution in [3.63, 3.8) is 0 Å². The van der Waals surface area contributed by atoms with Crippen LogP contribution in [-0.4, -0.2) is 49.8 Å². The second-order valence-corrected chi connectivity index (χ2v) is 8.86. The van der Waals surface area contributed by atoms with Crippen LogP contribution in [0.3, 0.4) is 0 Å². The summed E-state index contributed by atoms with van der Waals surface area (Å²) in [6.45, 7) is 9.92. The molecule has 0 saturated carbocycles. The molecule has 5 heterocycles. The van der Waals surface area contributed by atoms with Crippen molar-refractivity contribution in [1.29, 1.82) is 0 Å². The van der Waals surface area contributed by atoms with Crippen LogP contribution in [0.2, 0.25) is 0 Å². The highest BCUT2D eigenvalue weighted by atomic mass is 16.5. The zero-order valence-corrected chi connectivity index (χ0v) is 19.2. The van der Waals surface area contributed by atoms with Gasteiger partial charge in [0, 0.05) is 25.1 Å². The number of hydrogen-bond acceptors (Lipinski definition) is 6. The van der Waals surface area contributed by atoms with Gasteiger partial charge in [-0.25, -0.2) is 9.36 Å². The van der Waals surface area contributed by atoms with Crippen LogP contribution in [0.1, 0.15) is 56.6 Å². The lowest BCUT2D eigenvalue weighted by molar-refractivity contribution is -0.0367. The highest BCUT2D eigenvalue weighted by Gasteiger charge is 2.27. The Bertz CT molecular complexity index is 1120. The minimum atomic E-state index is -0.0496. The molecule has 0 amide bonds. The molecule has 2 fully saturated rings. The van der Waals surface area contributed by atoms with Gasteiger partial charge in [0.25, 0.3) is 0 Å².